The molecule has 5 rings (SSSR count). The fourth-order valence-corrected chi connectivity index (χ4v) is 6.22. The third-order valence-corrected chi connectivity index (χ3v) is 7.50. The summed E-state index contributed by atoms with van der Waals surface area (Å²) in [7, 11) is 1.66. The molecule has 1 heterocycles. The van der Waals surface area contributed by atoms with Gasteiger partial charge in [-0.1, -0.05) is 44.2 Å². The summed E-state index contributed by atoms with van der Waals surface area (Å²) in [5.41, 5.74) is 5.00. The lowest BCUT2D eigenvalue weighted by molar-refractivity contribution is -0.119. The van der Waals surface area contributed by atoms with Crippen molar-refractivity contribution in [2.75, 3.05) is 19.0 Å². The van der Waals surface area contributed by atoms with Crippen LogP contribution in [0.1, 0.15) is 50.7 Å². The van der Waals surface area contributed by atoms with Gasteiger partial charge in [0.1, 0.15) is 0 Å². The van der Waals surface area contributed by atoms with E-state index < -0.39 is 0 Å². The van der Waals surface area contributed by atoms with Crippen LogP contribution < -0.4 is 14.8 Å². The van der Waals surface area contributed by atoms with Gasteiger partial charge in [0.25, 0.3) is 0 Å². The Bertz CT molecular complexity index is 1310. The van der Waals surface area contributed by atoms with Crippen LogP contribution in [-0.4, -0.2) is 19.5 Å². The quantitative estimate of drug-likeness (QED) is 0.349. The molecule has 0 bridgehead atoms. The Labute approximate surface area is 208 Å². The Morgan fingerprint density at radius 3 is 2.70 bits per heavy atom. The van der Waals surface area contributed by atoms with E-state index in [0.717, 1.165) is 38.3 Å². The van der Waals surface area contributed by atoms with E-state index in [0.29, 0.717) is 18.8 Å². The fourth-order valence-electron chi connectivity index (χ4n) is 5.39. The zero-order valence-electron chi connectivity index (χ0n) is 19.4. The van der Waals surface area contributed by atoms with Crippen LogP contribution in [-0.2, 0) is 4.79 Å². The lowest BCUT2D eigenvalue weighted by Gasteiger charge is -2.41. The maximum Gasteiger partial charge on any atom is 0.174 e. The number of methoxy groups -OCH3 is 1. The molecule has 1 fully saturated rings. The van der Waals surface area contributed by atoms with Crippen LogP contribution in [0, 0.1) is 8.99 Å². The molecular weight excluding hydrogens is 525 g/mol. The van der Waals surface area contributed by atoms with Crippen molar-refractivity contribution < 1.29 is 14.3 Å². The predicted molar refractivity (Wildman–Crippen MR) is 142 cm³/mol. The van der Waals surface area contributed by atoms with E-state index in [9.17, 15) is 4.79 Å². The number of carbonyl (C=O) groups excluding carboxylic acids is 1. The van der Waals surface area contributed by atoms with Gasteiger partial charge in [0.15, 0.2) is 17.3 Å². The maximum atomic E-state index is 13.6. The summed E-state index contributed by atoms with van der Waals surface area (Å²) in [6.07, 6.45) is 1.49. The summed E-state index contributed by atoms with van der Waals surface area (Å²) >= 11 is 2.28. The second kappa shape index (κ2) is 8.35. The second-order valence-electron chi connectivity index (χ2n) is 9.60. The van der Waals surface area contributed by atoms with Crippen LogP contribution in [0.5, 0.6) is 11.5 Å². The molecule has 170 valence electrons. The Balaban J connectivity index is 1.76. The van der Waals surface area contributed by atoms with Gasteiger partial charge in [-0.15, -0.1) is 0 Å². The zero-order chi connectivity index (χ0) is 23.3. The number of ether oxygens (including phenoxy) is 2. The molecule has 5 heteroatoms. The molecule has 1 saturated carbocycles. The van der Waals surface area contributed by atoms with Crippen molar-refractivity contribution in [3.63, 3.8) is 0 Å². The normalized spacial score (nSPS) is 19.1. The molecule has 2 aliphatic rings. The molecule has 0 radical (unpaired) electrons. The molecule has 1 atom stereocenters. The average Bonchev–Trinajstić information content (AvgIpc) is 2.77. The molecule has 0 spiro atoms. The fraction of sp³-hybridized carbons (Fsp3) is 0.321. The van der Waals surface area contributed by atoms with E-state index in [-0.39, 0.29) is 17.1 Å². The van der Waals surface area contributed by atoms with Crippen molar-refractivity contribution in [3.8, 4) is 11.5 Å². The minimum Gasteiger partial charge on any atom is -0.492 e. The number of halogens is 1. The summed E-state index contributed by atoms with van der Waals surface area (Å²) in [5.74, 6) is 1.69. The number of hydrogen-bond acceptors (Lipinski definition) is 4. The summed E-state index contributed by atoms with van der Waals surface area (Å²) in [5, 5.41) is 6.08. The molecular formula is C28H28INO3. The smallest absolute Gasteiger partial charge is 0.174 e. The van der Waals surface area contributed by atoms with Crippen LogP contribution in [0.3, 0.4) is 0 Å². The second-order valence-corrected chi connectivity index (χ2v) is 10.8. The number of anilines is 1. The first-order valence-electron chi connectivity index (χ1n) is 11.4. The number of carbonyl (C=O) groups is 1. The van der Waals surface area contributed by atoms with Gasteiger partial charge in [-0.3, -0.25) is 4.79 Å². The van der Waals surface area contributed by atoms with E-state index in [2.05, 4.69) is 84.2 Å². The molecule has 1 N–H and O–H groups in total. The number of Topliss-reactive ketones (excluding diaryl/α,β-unsaturated/α-hetero) is 1. The minimum absolute atomic E-state index is 0.0489. The molecule has 0 aromatic heterocycles. The Morgan fingerprint density at radius 2 is 1.94 bits per heavy atom. The lowest BCUT2D eigenvalue weighted by Crippen LogP contribution is -2.34. The Morgan fingerprint density at radius 1 is 1.15 bits per heavy atom. The monoisotopic (exact) mass is 553 g/mol. The highest BCUT2D eigenvalue weighted by Crippen LogP contribution is 2.53. The zero-order valence-corrected chi connectivity index (χ0v) is 21.6. The van der Waals surface area contributed by atoms with E-state index in [1.165, 1.54) is 16.3 Å². The molecule has 1 aliphatic heterocycles. The van der Waals surface area contributed by atoms with Gasteiger partial charge in [0, 0.05) is 29.2 Å². The van der Waals surface area contributed by atoms with Gasteiger partial charge < -0.3 is 14.8 Å². The topological polar surface area (TPSA) is 47.6 Å². The van der Waals surface area contributed by atoms with Crippen molar-refractivity contribution in [1.29, 1.82) is 0 Å². The van der Waals surface area contributed by atoms with E-state index in [4.69, 9.17) is 9.47 Å². The number of fused-ring (bicyclic) bond motifs is 5. The summed E-state index contributed by atoms with van der Waals surface area (Å²) in [6.45, 7) is 6.92. The molecule has 4 nitrogen and oxygen atoms in total. The maximum absolute atomic E-state index is 13.6. The molecule has 3 aromatic carbocycles. The van der Waals surface area contributed by atoms with Crippen molar-refractivity contribution in [2.45, 2.75) is 39.5 Å². The number of hydrogen-bond donors (Lipinski definition) is 1. The first kappa shape index (κ1) is 22.3. The van der Waals surface area contributed by atoms with Crippen molar-refractivity contribution in [1.82, 2.24) is 0 Å². The highest BCUT2D eigenvalue weighted by Gasteiger charge is 2.43. The van der Waals surface area contributed by atoms with E-state index in [1.54, 1.807) is 7.11 Å². The van der Waals surface area contributed by atoms with E-state index in [1.807, 2.05) is 13.0 Å². The van der Waals surface area contributed by atoms with Crippen molar-refractivity contribution >= 4 is 50.5 Å². The van der Waals surface area contributed by atoms with Gasteiger partial charge in [-0.05, 0) is 75.9 Å². The van der Waals surface area contributed by atoms with E-state index >= 15 is 0 Å². The Hall–Kier alpha value is -2.54. The Kier molecular flexibility index (Phi) is 5.63. The summed E-state index contributed by atoms with van der Waals surface area (Å²) < 4.78 is 12.4. The third kappa shape index (κ3) is 3.80. The summed E-state index contributed by atoms with van der Waals surface area (Å²) in [6, 6.07) is 16.8. The van der Waals surface area contributed by atoms with Crippen LogP contribution in [0.15, 0.2) is 54.1 Å². The minimum atomic E-state index is -0.0489. The molecule has 0 unspecified atom stereocenters. The van der Waals surface area contributed by atoms with Crippen LogP contribution >= 0.6 is 22.6 Å². The van der Waals surface area contributed by atoms with Crippen LogP contribution in [0.25, 0.3) is 16.5 Å². The van der Waals surface area contributed by atoms with Crippen molar-refractivity contribution in [3.05, 3.63) is 68.8 Å². The summed E-state index contributed by atoms with van der Waals surface area (Å²) in [4.78, 5) is 13.6. The lowest BCUT2D eigenvalue weighted by atomic mass is 9.64. The number of rotatable bonds is 4. The standard InChI is InChI=1S/C28H28INO3/c1-5-33-23-13-17(12-20(29)27(23)32-4)26-25-19(14-28(2,3)15-22(25)31)24-18-9-7-6-8-16(18)10-11-21(24)30-26/h6-13,19,30H,5,14-15H2,1-4H3/t19-/m0/s1. The third-order valence-electron chi connectivity index (χ3n) is 6.70. The number of nitrogens with one attached hydrogen (secondary N) is 1. The molecule has 1 aliphatic carbocycles. The molecule has 0 saturated heterocycles. The van der Waals surface area contributed by atoms with Gasteiger partial charge in [0.05, 0.1) is 23.0 Å². The number of ketones is 1. The van der Waals surface area contributed by atoms with Gasteiger partial charge >= 0.3 is 0 Å². The van der Waals surface area contributed by atoms with Gasteiger partial charge in [0.2, 0.25) is 0 Å². The number of benzene rings is 3. The van der Waals surface area contributed by atoms with Gasteiger partial charge in [-0.2, -0.15) is 0 Å². The average molecular weight is 553 g/mol. The first-order valence-corrected chi connectivity index (χ1v) is 12.5. The highest BCUT2D eigenvalue weighted by atomic mass is 127. The van der Waals surface area contributed by atoms with Crippen LogP contribution in [0.4, 0.5) is 5.69 Å². The predicted octanol–water partition coefficient (Wildman–Crippen LogP) is 7.16. The highest BCUT2D eigenvalue weighted by molar-refractivity contribution is 14.1. The number of allylic oxidation sites excluding steroid dienone is 1. The van der Waals surface area contributed by atoms with Crippen molar-refractivity contribution in [2.24, 2.45) is 5.41 Å². The first-order chi connectivity index (χ1) is 15.8. The van der Waals surface area contributed by atoms with Gasteiger partial charge in [-0.25, -0.2) is 0 Å². The molecule has 3 aromatic rings. The van der Waals surface area contributed by atoms with Crippen LogP contribution in [0.2, 0.25) is 0 Å². The molecule has 0 amide bonds. The largest absolute Gasteiger partial charge is 0.492 e. The molecule has 33 heavy (non-hydrogen) atoms. The SMILES string of the molecule is CCOc1cc(C2=C3C(=O)CC(C)(C)C[C@H]3c3c(ccc4ccccc34)N2)cc(I)c1OC.